The van der Waals surface area contributed by atoms with Crippen molar-refractivity contribution in [3.63, 3.8) is 0 Å². The van der Waals surface area contributed by atoms with Crippen molar-refractivity contribution in [3.05, 3.63) is 35.9 Å². The highest BCUT2D eigenvalue weighted by molar-refractivity contribution is 5.92. The molecule has 22 heavy (non-hydrogen) atoms. The van der Waals surface area contributed by atoms with Gasteiger partial charge in [-0.3, -0.25) is 0 Å². The average molecular weight is 310 g/mol. The lowest BCUT2D eigenvalue weighted by Gasteiger charge is -2.12. The second-order valence-electron chi connectivity index (χ2n) is 4.51. The largest absolute Gasteiger partial charge is 0.507 e. The van der Waals surface area contributed by atoms with Crippen LogP contribution in [-0.2, 0) is 14.3 Å². The van der Waals surface area contributed by atoms with Gasteiger partial charge in [-0.15, -0.1) is 0 Å². The van der Waals surface area contributed by atoms with Crippen LogP contribution in [0.5, 0.6) is 11.5 Å². The number of methoxy groups -OCH3 is 1. The van der Waals surface area contributed by atoms with Crippen LogP contribution in [-0.4, -0.2) is 48.6 Å². The fourth-order valence-electron chi connectivity index (χ4n) is 1.40. The molecule has 0 aliphatic carbocycles. The number of ether oxygens (including phenoxy) is 3. The second-order valence-corrected chi connectivity index (χ2v) is 4.51. The molecule has 1 unspecified atom stereocenters. The van der Waals surface area contributed by atoms with E-state index < -0.39 is 18.0 Å². The monoisotopic (exact) mass is 310 g/mol. The Balaban J connectivity index is 2.49. The van der Waals surface area contributed by atoms with Crippen LogP contribution in [0.3, 0.4) is 0 Å². The van der Waals surface area contributed by atoms with Gasteiger partial charge in [-0.1, -0.05) is 6.58 Å². The van der Waals surface area contributed by atoms with Crippen LogP contribution in [0, 0.1) is 0 Å². The molecular formula is C15H18O7. The Morgan fingerprint density at radius 2 is 1.91 bits per heavy atom. The maximum atomic E-state index is 11.8. The molecule has 0 heterocycles. The standard InChI is InChI=1S/C15H18O7/c1-9(2)14(18)21-7-10(16)8-22-15(19)12-5-4-11(20-3)6-13(12)17/h4-6,10,16-17H,1,7-8H2,2-3H3. The van der Waals surface area contributed by atoms with Crippen molar-refractivity contribution in [3.8, 4) is 11.5 Å². The van der Waals surface area contributed by atoms with E-state index in [1.807, 2.05) is 0 Å². The summed E-state index contributed by atoms with van der Waals surface area (Å²) in [6.07, 6.45) is -1.17. The molecule has 0 aliphatic rings. The van der Waals surface area contributed by atoms with Crippen LogP contribution in [0.1, 0.15) is 17.3 Å². The lowest BCUT2D eigenvalue weighted by molar-refractivity contribution is -0.142. The van der Waals surface area contributed by atoms with Gasteiger partial charge in [-0.05, 0) is 19.1 Å². The van der Waals surface area contributed by atoms with E-state index in [0.717, 1.165) is 0 Å². The first-order valence-corrected chi connectivity index (χ1v) is 6.40. The van der Waals surface area contributed by atoms with Crippen molar-refractivity contribution < 1.29 is 34.0 Å². The van der Waals surface area contributed by atoms with Gasteiger partial charge in [-0.25, -0.2) is 9.59 Å². The number of phenols is 1. The van der Waals surface area contributed by atoms with Crippen LogP contribution in [0.25, 0.3) is 0 Å². The van der Waals surface area contributed by atoms with Crippen LogP contribution < -0.4 is 4.74 Å². The minimum Gasteiger partial charge on any atom is -0.507 e. The number of hydrogen-bond acceptors (Lipinski definition) is 7. The fraction of sp³-hybridized carbons (Fsp3) is 0.333. The highest BCUT2D eigenvalue weighted by Gasteiger charge is 2.16. The minimum absolute atomic E-state index is 0.0630. The summed E-state index contributed by atoms with van der Waals surface area (Å²) in [7, 11) is 1.43. The highest BCUT2D eigenvalue weighted by atomic mass is 16.6. The predicted molar refractivity (Wildman–Crippen MR) is 76.7 cm³/mol. The second kappa shape index (κ2) is 8.04. The van der Waals surface area contributed by atoms with E-state index in [1.165, 1.54) is 32.2 Å². The van der Waals surface area contributed by atoms with Gasteiger partial charge in [0.15, 0.2) is 0 Å². The normalized spacial score (nSPS) is 11.4. The third-order valence-electron chi connectivity index (χ3n) is 2.59. The molecule has 0 spiro atoms. The number of carbonyl (C=O) groups is 2. The lowest BCUT2D eigenvalue weighted by atomic mass is 10.2. The number of esters is 2. The van der Waals surface area contributed by atoms with Gasteiger partial charge in [0.25, 0.3) is 0 Å². The van der Waals surface area contributed by atoms with Gasteiger partial charge in [0, 0.05) is 11.6 Å². The van der Waals surface area contributed by atoms with Crippen molar-refractivity contribution >= 4 is 11.9 Å². The number of hydrogen-bond donors (Lipinski definition) is 2. The quantitative estimate of drug-likeness (QED) is 0.573. The molecule has 0 saturated carbocycles. The third kappa shape index (κ3) is 5.10. The summed E-state index contributed by atoms with van der Waals surface area (Å²) in [4.78, 5) is 22.9. The van der Waals surface area contributed by atoms with Crippen molar-refractivity contribution in [1.29, 1.82) is 0 Å². The van der Waals surface area contributed by atoms with Crippen LogP contribution >= 0.6 is 0 Å². The molecule has 0 aromatic heterocycles. The van der Waals surface area contributed by atoms with E-state index in [-0.39, 0.29) is 30.1 Å². The molecule has 0 saturated heterocycles. The Bertz CT molecular complexity index is 565. The van der Waals surface area contributed by atoms with E-state index in [0.29, 0.717) is 5.75 Å². The van der Waals surface area contributed by atoms with Gasteiger partial charge < -0.3 is 24.4 Å². The topological polar surface area (TPSA) is 102 Å². The molecule has 120 valence electrons. The summed E-state index contributed by atoms with van der Waals surface area (Å²) >= 11 is 0. The van der Waals surface area contributed by atoms with E-state index in [4.69, 9.17) is 14.2 Å². The SMILES string of the molecule is C=C(C)C(=O)OCC(O)COC(=O)c1ccc(OC)cc1O. The zero-order valence-corrected chi connectivity index (χ0v) is 12.4. The smallest absolute Gasteiger partial charge is 0.342 e. The first kappa shape index (κ1) is 17.5. The third-order valence-corrected chi connectivity index (χ3v) is 2.59. The van der Waals surface area contributed by atoms with Crippen LogP contribution in [0.15, 0.2) is 30.4 Å². The molecule has 0 radical (unpaired) electrons. The van der Waals surface area contributed by atoms with Gasteiger partial charge in [0.1, 0.15) is 36.4 Å². The number of aliphatic hydroxyl groups is 1. The zero-order chi connectivity index (χ0) is 16.7. The van der Waals surface area contributed by atoms with Gasteiger partial charge in [0.2, 0.25) is 0 Å². The van der Waals surface area contributed by atoms with Gasteiger partial charge >= 0.3 is 11.9 Å². The molecule has 0 fully saturated rings. The first-order valence-electron chi connectivity index (χ1n) is 6.40. The molecule has 0 amide bonds. The van der Waals surface area contributed by atoms with E-state index >= 15 is 0 Å². The van der Waals surface area contributed by atoms with E-state index in [9.17, 15) is 19.8 Å². The molecule has 7 nitrogen and oxygen atoms in total. The molecule has 7 heteroatoms. The first-order chi connectivity index (χ1) is 10.3. The number of carbonyl (C=O) groups excluding carboxylic acids is 2. The average Bonchev–Trinajstić information content (AvgIpc) is 2.49. The molecule has 1 atom stereocenters. The number of rotatable bonds is 7. The van der Waals surface area contributed by atoms with Crippen molar-refractivity contribution in [2.75, 3.05) is 20.3 Å². The maximum absolute atomic E-state index is 11.8. The number of aliphatic hydroxyl groups excluding tert-OH is 1. The number of aromatic hydroxyl groups is 1. The van der Waals surface area contributed by atoms with Gasteiger partial charge in [0.05, 0.1) is 7.11 Å². The molecule has 1 aromatic carbocycles. The fourth-order valence-corrected chi connectivity index (χ4v) is 1.40. The molecule has 0 bridgehead atoms. The summed E-state index contributed by atoms with van der Waals surface area (Å²) in [5, 5.41) is 19.2. The molecule has 0 aliphatic heterocycles. The molecular weight excluding hydrogens is 292 g/mol. The van der Waals surface area contributed by atoms with Crippen molar-refractivity contribution in [2.24, 2.45) is 0 Å². The Kier molecular flexibility index (Phi) is 6.40. The minimum atomic E-state index is -1.17. The molecule has 1 rings (SSSR count). The number of phenolic OH excluding ortho intramolecular Hbond substituents is 1. The molecule has 2 N–H and O–H groups in total. The van der Waals surface area contributed by atoms with Gasteiger partial charge in [-0.2, -0.15) is 0 Å². The maximum Gasteiger partial charge on any atom is 0.342 e. The lowest BCUT2D eigenvalue weighted by Crippen LogP contribution is -2.25. The summed E-state index contributed by atoms with van der Waals surface area (Å²) < 4.78 is 14.4. The Morgan fingerprint density at radius 1 is 1.27 bits per heavy atom. The van der Waals surface area contributed by atoms with Crippen LogP contribution in [0.2, 0.25) is 0 Å². The predicted octanol–water partition coefficient (Wildman–Crippen LogP) is 1.04. The Morgan fingerprint density at radius 3 is 2.45 bits per heavy atom. The highest BCUT2D eigenvalue weighted by Crippen LogP contribution is 2.23. The van der Waals surface area contributed by atoms with Crippen molar-refractivity contribution in [2.45, 2.75) is 13.0 Å². The zero-order valence-electron chi connectivity index (χ0n) is 12.4. The summed E-state index contributed by atoms with van der Waals surface area (Å²) in [5.74, 6) is -1.36. The summed E-state index contributed by atoms with van der Waals surface area (Å²) in [6.45, 7) is 4.16. The van der Waals surface area contributed by atoms with E-state index in [1.54, 1.807) is 0 Å². The Labute approximate surface area is 127 Å². The molecule has 1 aromatic rings. The summed E-state index contributed by atoms with van der Waals surface area (Å²) in [6, 6.07) is 4.09. The Hall–Kier alpha value is -2.54. The summed E-state index contributed by atoms with van der Waals surface area (Å²) in [5.41, 5.74) is 0.138. The van der Waals surface area contributed by atoms with Crippen LogP contribution in [0.4, 0.5) is 0 Å². The van der Waals surface area contributed by atoms with E-state index in [2.05, 4.69) is 6.58 Å². The number of benzene rings is 1. The van der Waals surface area contributed by atoms with Crippen molar-refractivity contribution in [1.82, 2.24) is 0 Å².